The predicted octanol–water partition coefficient (Wildman–Crippen LogP) is 1.83. The highest BCUT2D eigenvalue weighted by atomic mass is 15.3. The molecule has 1 saturated carbocycles. The molecule has 19 heavy (non-hydrogen) atoms. The lowest BCUT2D eigenvalue weighted by molar-refractivity contribution is 0.654. The summed E-state index contributed by atoms with van der Waals surface area (Å²) >= 11 is 0. The lowest BCUT2D eigenvalue weighted by Crippen LogP contribution is -2.27. The smallest absolute Gasteiger partial charge is 0.152 e. The Hall–Kier alpha value is -1.60. The molecule has 0 atom stereocenters. The average Bonchev–Trinajstić information content (AvgIpc) is 3.23. The lowest BCUT2D eigenvalue weighted by atomic mass is 10.3. The highest BCUT2D eigenvalue weighted by Gasteiger charge is 2.24. The van der Waals surface area contributed by atoms with E-state index < -0.39 is 0 Å². The van der Waals surface area contributed by atoms with Crippen molar-refractivity contribution in [3.05, 3.63) is 17.8 Å². The Morgan fingerprint density at radius 2 is 2.26 bits per heavy atom. The first-order chi connectivity index (χ1) is 9.33. The van der Waals surface area contributed by atoms with E-state index in [9.17, 15) is 0 Å². The van der Waals surface area contributed by atoms with E-state index in [1.54, 1.807) is 0 Å². The molecule has 0 amide bonds. The second kappa shape index (κ2) is 7.10. The Kier molecular flexibility index (Phi) is 5.17. The number of terminal acetylenes is 1. The van der Waals surface area contributed by atoms with Crippen LogP contribution in [0.5, 0.6) is 0 Å². The zero-order valence-electron chi connectivity index (χ0n) is 11.6. The van der Waals surface area contributed by atoms with E-state index in [1.807, 2.05) is 12.1 Å². The first kappa shape index (κ1) is 13.8. The van der Waals surface area contributed by atoms with Gasteiger partial charge in [0.1, 0.15) is 0 Å². The molecule has 1 N–H and O–H groups in total. The molecular weight excluding hydrogens is 236 g/mol. The van der Waals surface area contributed by atoms with Gasteiger partial charge in [-0.1, -0.05) is 12.8 Å². The van der Waals surface area contributed by atoms with E-state index in [-0.39, 0.29) is 0 Å². The third-order valence-electron chi connectivity index (χ3n) is 3.22. The summed E-state index contributed by atoms with van der Waals surface area (Å²) in [4.78, 5) is 2.15. The molecule has 0 spiro atoms. The fourth-order valence-corrected chi connectivity index (χ4v) is 1.97. The molecule has 0 radical (unpaired) electrons. The van der Waals surface area contributed by atoms with Gasteiger partial charge in [0, 0.05) is 13.1 Å². The van der Waals surface area contributed by atoms with Crippen LogP contribution in [0.3, 0.4) is 0 Å². The molecule has 1 aromatic rings. The Balaban J connectivity index is 1.92. The van der Waals surface area contributed by atoms with Crippen molar-refractivity contribution in [3.63, 3.8) is 0 Å². The Bertz CT molecular complexity index is 417. The number of anilines is 1. The molecule has 1 aliphatic carbocycles. The maximum Gasteiger partial charge on any atom is 0.152 e. The van der Waals surface area contributed by atoms with Crippen molar-refractivity contribution in [1.29, 1.82) is 0 Å². The van der Waals surface area contributed by atoms with Gasteiger partial charge in [-0.25, -0.2) is 0 Å². The van der Waals surface area contributed by atoms with Crippen LogP contribution in [0, 0.1) is 18.3 Å². The van der Waals surface area contributed by atoms with Gasteiger partial charge in [0.2, 0.25) is 0 Å². The number of nitrogens with zero attached hydrogens (tertiary/aromatic N) is 3. The van der Waals surface area contributed by atoms with E-state index >= 15 is 0 Å². The van der Waals surface area contributed by atoms with Gasteiger partial charge >= 0.3 is 0 Å². The fourth-order valence-electron chi connectivity index (χ4n) is 1.97. The molecule has 0 aliphatic heterocycles. The maximum atomic E-state index is 5.42. The molecular formula is C15H22N4. The summed E-state index contributed by atoms with van der Waals surface area (Å²) in [5.74, 6) is 4.39. The minimum atomic E-state index is 0.610. The molecule has 102 valence electrons. The molecule has 4 heteroatoms. The fraction of sp³-hybridized carbons (Fsp3) is 0.600. The summed E-state index contributed by atoms with van der Waals surface area (Å²) in [6, 6.07) is 4.05. The van der Waals surface area contributed by atoms with Crippen molar-refractivity contribution >= 4 is 5.82 Å². The van der Waals surface area contributed by atoms with Crippen LogP contribution >= 0.6 is 0 Å². The highest BCUT2D eigenvalue weighted by Crippen LogP contribution is 2.30. The van der Waals surface area contributed by atoms with Crippen molar-refractivity contribution in [1.82, 2.24) is 15.5 Å². The van der Waals surface area contributed by atoms with Gasteiger partial charge in [-0.15, -0.1) is 11.5 Å². The molecule has 4 nitrogen and oxygen atoms in total. The van der Waals surface area contributed by atoms with Crippen molar-refractivity contribution in [2.24, 2.45) is 5.92 Å². The number of hydrogen-bond donors (Lipinski definition) is 1. The van der Waals surface area contributed by atoms with Crippen LogP contribution in [0.1, 0.15) is 31.9 Å². The van der Waals surface area contributed by atoms with E-state index in [0.29, 0.717) is 6.54 Å². The summed E-state index contributed by atoms with van der Waals surface area (Å²) in [6.07, 6.45) is 9.18. The van der Waals surface area contributed by atoms with Gasteiger partial charge in [-0.05, 0) is 43.9 Å². The number of nitrogens with one attached hydrogen (secondary N) is 1. The van der Waals surface area contributed by atoms with Gasteiger partial charge in [0.05, 0.1) is 12.2 Å². The van der Waals surface area contributed by atoms with Crippen molar-refractivity contribution in [2.75, 3.05) is 24.5 Å². The highest BCUT2D eigenvalue weighted by molar-refractivity contribution is 5.39. The third kappa shape index (κ3) is 4.53. The first-order valence-electron chi connectivity index (χ1n) is 7.05. The largest absolute Gasteiger partial charge is 0.344 e. The minimum absolute atomic E-state index is 0.610. The van der Waals surface area contributed by atoms with Gasteiger partial charge < -0.3 is 10.2 Å². The van der Waals surface area contributed by atoms with Crippen LogP contribution in [-0.4, -0.2) is 29.8 Å². The van der Waals surface area contributed by atoms with E-state index in [1.165, 1.54) is 12.8 Å². The second-order valence-electron chi connectivity index (χ2n) is 5.09. The van der Waals surface area contributed by atoms with E-state index in [4.69, 9.17) is 6.42 Å². The molecule has 0 saturated heterocycles. The minimum Gasteiger partial charge on any atom is -0.344 e. The van der Waals surface area contributed by atoms with Crippen molar-refractivity contribution in [3.8, 4) is 12.3 Å². The third-order valence-corrected chi connectivity index (χ3v) is 3.22. The lowest BCUT2D eigenvalue weighted by Gasteiger charge is -2.20. The first-order valence-corrected chi connectivity index (χ1v) is 7.05. The van der Waals surface area contributed by atoms with Crippen molar-refractivity contribution < 1.29 is 0 Å². The summed E-state index contributed by atoms with van der Waals surface area (Å²) in [5, 5.41) is 11.9. The summed E-state index contributed by atoms with van der Waals surface area (Å²) in [6.45, 7) is 5.55. The Morgan fingerprint density at radius 3 is 2.84 bits per heavy atom. The Labute approximate surface area is 115 Å². The van der Waals surface area contributed by atoms with Crippen LogP contribution in [0.25, 0.3) is 0 Å². The van der Waals surface area contributed by atoms with Gasteiger partial charge in [-0.2, -0.15) is 5.10 Å². The summed E-state index contributed by atoms with van der Waals surface area (Å²) in [5.41, 5.74) is 0.976. The zero-order valence-corrected chi connectivity index (χ0v) is 11.6. The molecule has 1 aliphatic rings. The monoisotopic (exact) mass is 258 g/mol. The Morgan fingerprint density at radius 1 is 1.42 bits per heavy atom. The molecule has 0 aromatic carbocycles. The van der Waals surface area contributed by atoms with Crippen LogP contribution in [-0.2, 0) is 6.54 Å². The van der Waals surface area contributed by atoms with Crippen LogP contribution in [0.4, 0.5) is 5.82 Å². The molecule has 0 unspecified atom stereocenters. The summed E-state index contributed by atoms with van der Waals surface area (Å²) in [7, 11) is 0. The second-order valence-corrected chi connectivity index (χ2v) is 5.09. The van der Waals surface area contributed by atoms with Crippen LogP contribution < -0.4 is 10.2 Å². The van der Waals surface area contributed by atoms with Gasteiger partial charge in [-0.3, -0.25) is 0 Å². The molecule has 0 bridgehead atoms. The molecule has 2 rings (SSSR count). The topological polar surface area (TPSA) is 41.0 Å². The predicted molar refractivity (Wildman–Crippen MR) is 77.8 cm³/mol. The normalized spacial score (nSPS) is 14.1. The van der Waals surface area contributed by atoms with Crippen LogP contribution in [0.2, 0.25) is 0 Å². The number of aromatic nitrogens is 2. The standard InChI is InChI=1S/C15H22N4/c1-3-9-16-11-14-7-8-15(18-17-14)19(10-4-2)12-13-5-6-13/h2,7-8,13,16H,3,5-6,9-12H2,1H3. The average molecular weight is 258 g/mol. The number of rotatable bonds is 8. The SMILES string of the molecule is C#CCN(CC1CC1)c1ccc(CNCCC)nn1. The van der Waals surface area contributed by atoms with Gasteiger partial charge in [0.25, 0.3) is 0 Å². The number of hydrogen-bond acceptors (Lipinski definition) is 4. The zero-order chi connectivity index (χ0) is 13.5. The van der Waals surface area contributed by atoms with Gasteiger partial charge in [0.15, 0.2) is 5.82 Å². The van der Waals surface area contributed by atoms with E-state index in [0.717, 1.165) is 43.5 Å². The molecule has 1 aromatic heterocycles. The van der Waals surface area contributed by atoms with Crippen LogP contribution in [0.15, 0.2) is 12.1 Å². The maximum absolute atomic E-state index is 5.42. The summed E-state index contributed by atoms with van der Waals surface area (Å²) < 4.78 is 0. The molecule has 1 heterocycles. The quantitative estimate of drug-likeness (QED) is 0.570. The molecule has 1 fully saturated rings. The van der Waals surface area contributed by atoms with Crippen molar-refractivity contribution in [2.45, 2.75) is 32.7 Å². The van der Waals surface area contributed by atoms with E-state index in [2.05, 4.69) is 33.3 Å².